The van der Waals surface area contributed by atoms with Crippen molar-refractivity contribution in [3.8, 4) is 0 Å². The summed E-state index contributed by atoms with van der Waals surface area (Å²) >= 11 is 5.94. The summed E-state index contributed by atoms with van der Waals surface area (Å²) in [6, 6.07) is 9.59. The first-order valence-corrected chi connectivity index (χ1v) is 12.8. The number of carbonyl (C=O) groups is 3. The molecule has 0 bridgehead atoms. The molecule has 1 heterocycles. The third-order valence-electron chi connectivity index (χ3n) is 7.26. The van der Waals surface area contributed by atoms with Crippen LogP contribution < -0.4 is 15.5 Å². The number of rotatable bonds is 6. The normalized spacial score (nSPS) is 21.9. The maximum atomic E-state index is 13.2. The SMILES string of the molecule is COC(=O)[C@@H]1CCC[C@@H](Nc2ccc3c(c2NC(=O)C(O)c2ccc(Cl)cc2)CC[C@H](C)N3C(=O)O)C1. The average Bonchev–Trinajstić information content (AvgIpc) is 2.89. The van der Waals surface area contributed by atoms with Gasteiger partial charge in [0.15, 0.2) is 6.10 Å². The fraction of sp³-hybridized carbons (Fsp3) is 0.444. The molecule has 9 nitrogen and oxygen atoms in total. The third-order valence-corrected chi connectivity index (χ3v) is 7.51. The number of nitrogens with zero attached hydrogens (tertiary/aromatic N) is 1. The molecule has 0 spiro atoms. The molecule has 1 aliphatic heterocycles. The van der Waals surface area contributed by atoms with Crippen LogP contribution in [0.25, 0.3) is 0 Å². The molecule has 2 aliphatic rings. The number of carbonyl (C=O) groups excluding carboxylic acids is 2. The number of hydrogen-bond donors (Lipinski definition) is 4. The van der Waals surface area contributed by atoms with Crippen molar-refractivity contribution in [3.05, 3.63) is 52.5 Å². The Kier molecular flexibility index (Phi) is 8.24. The summed E-state index contributed by atoms with van der Waals surface area (Å²) in [6.45, 7) is 1.85. The summed E-state index contributed by atoms with van der Waals surface area (Å²) in [4.78, 5) is 38.6. The van der Waals surface area contributed by atoms with Crippen LogP contribution in [0.3, 0.4) is 0 Å². The van der Waals surface area contributed by atoms with Gasteiger partial charge in [-0.2, -0.15) is 0 Å². The van der Waals surface area contributed by atoms with Crippen molar-refractivity contribution < 1.29 is 29.3 Å². The number of aliphatic hydroxyl groups excluding tert-OH is 1. The fourth-order valence-corrected chi connectivity index (χ4v) is 5.43. The smallest absolute Gasteiger partial charge is 0.412 e. The zero-order chi connectivity index (χ0) is 26.7. The van der Waals surface area contributed by atoms with Gasteiger partial charge in [0.25, 0.3) is 5.91 Å². The van der Waals surface area contributed by atoms with Gasteiger partial charge in [-0.15, -0.1) is 0 Å². The lowest BCUT2D eigenvalue weighted by Gasteiger charge is -2.36. The number of methoxy groups -OCH3 is 1. The molecule has 1 aliphatic carbocycles. The van der Waals surface area contributed by atoms with Crippen LogP contribution in [-0.4, -0.2) is 47.4 Å². The van der Waals surface area contributed by atoms with Crippen LogP contribution in [0.2, 0.25) is 5.02 Å². The van der Waals surface area contributed by atoms with E-state index >= 15 is 0 Å². The first kappa shape index (κ1) is 26.8. The zero-order valence-corrected chi connectivity index (χ0v) is 21.6. The molecular formula is C27H32ClN3O6. The fourth-order valence-electron chi connectivity index (χ4n) is 5.30. The van der Waals surface area contributed by atoms with Crippen molar-refractivity contribution in [3.63, 3.8) is 0 Å². The van der Waals surface area contributed by atoms with E-state index < -0.39 is 18.1 Å². The van der Waals surface area contributed by atoms with Crippen molar-refractivity contribution in [2.24, 2.45) is 5.92 Å². The van der Waals surface area contributed by atoms with E-state index in [9.17, 15) is 24.6 Å². The van der Waals surface area contributed by atoms with Gasteiger partial charge in [-0.1, -0.05) is 30.2 Å². The van der Waals surface area contributed by atoms with Crippen molar-refractivity contribution in [1.29, 1.82) is 0 Å². The number of aliphatic hydroxyl groups is 1. The highest BCUT2D eigenvalue weighted by atomic mass is 35.5. The lowest BCUT2D eigenvalue weighted by molar-refractivity contribution is -0.146. The summed E-state index contributed by atoms with van der Waals surface area (Å²) in [6.07, 6.45) is 1.66. The molecular weight excluding hydrogens is 498 g/mol. The number of fused-ring (bicyclic) bond motifs is 1. The molecule has 4 rings (SSSR count). The molecule has 1 fully saturated rings. The molecule has 37 heavy (non-hydrogen) atoms. The number of carboxylic acid groups (broad SMARTS) is 1. The van der Waals surface area contributed by atoms with Crippen LogP contribution in [0.1, 0.15) is 56.3 Å². The van der Waals surface area contributed by atoms with Gasteiger partial charge in [-0.3, -0.25) is 14.5 Å². The zero-order valence-electron chi connectivity index (χ0n) is 20.9. The number of halogens is 1. The predicted molar refractivity (Wildman–Crippen MR) is 141 cm³/mol. The van der Waals surface area contributed by atoms with E-state index in [0.29, 0.717) is 52.5 Å². The van der Waals surface area contributed by atoms with E-state index in [1.165, 1.54) is 12.0 Å². The molecule has 1 saturated carbocycles. The molecule has 198 valence electrons. The average molecular weight is 530 g/mol. The standard InChI is InChI=1S/C27H32ClN3O6/c1-15-6-11-20-22(31(15)27(35)36)13-12-21(29-19-5-3-4-17(14-19)26(34)37-2)23(20)30-25(33)24(32)16-7-9-18(28)10-8-16/h7-10,12-13,15,17,19,24,29,32H,3-6,11,14H2,1-2H3,(H,30,33)(H,35,36)/t15-,17+,19+,24?/m0/s1. The Labute approximate surface area is 220 Å². The van der Waals surface area contributed by atoms with Gasteiger partial charge in [0.2, 0.25) is 0 Å². The highest BCUT2D eigenvalue weighted by molar-refractivity contribution is 6.30. The Morgan fingerprint density at radius 1 is 1.11 bits per heavy atom. The van der Waals surface area contributed by atoms with Gasteiger partial charge >= 0.3 is 12.1 Å². The van der Waals surface area contributed by atoms with Gasteiger partial charge in [0.05, 0.1) is 30.1 Å². The molecule has 1 unspecified atom stereocenters. The predicted octanol–water partition coefficient (Wildman–Crippen LogP) is 4.97. The monoisotopic (exact) mass is 529 g/mol. The first-order valence-electron chi connectivity index (χ1n) is 12.5. The molecule has 2 amide bonds. The van der Waals surface area contributed by atoms with Crippen molar-refractivity contribution in [2.75, 3.05) is 22.6 Å². The van der Waals surface area contributed by atoms with Gasteiger partial charge in [-0.25, -0.2) is 4.79 Å². The minimum Gasteiger partial charge on any atom is -0.469 e. The Morgan fingerprint density at radius 3 is 2.51 bits per heavy atom. The minimum absolute atomic E-state index is 0.0363. The van der Waals surface area contributed by atoms with Crippen LogP contribution in [-0.2, 0) is 20.7 Å². The largest absolute Gasteiger partial charge is 0.469 e. The van der Waals surface area contributed by atoms with Gasteiger partial charge in [0.1, 0.15) is 0 Å². The van der Waals surface area contributed by atoms with Crippen molar-refractivity contribution in [2.45, 2.75) is 63.6 Å². The number of amides is 2. The maximum absolute atomic E-state index is 13.2. The quantitative estimate of drug-likeness (QED) is 0.389. The lowest BCUT2D eigenvalue weighted by Crippen LogP contribution is -2.41. The topological polar surface area (TPSA) is 128 Å². The first-order chi connectivity index (χ1) is 17.7. The van der Waals surface area contributed by atoms with Crippen LogP contribution >= 0.6 is 11.6 Å². The Bertz CT molecular complexity index is 1170. The Balaban J connectivity index is 1.67. The summed E-state index contributed by atoms with van der Waals surface area (Å²) in [7, 11) is 1.39. The van der Waals surface area contributed by atoms with Crippen LogP contribution in [0, 0.1) is 5.92 Å². The van der Waals surface area contributed by atoms with Crippen molar-refractivity contribution >= 4 is 46.6 Å². The summed E-state index contributed by atoms with van der Waals surface area (Å²) < 4.78 is 4.94. The Hall–Kier alpha value is -3.30. The summed E-state index contributed by atoms with van der Waals surface area (Å²) in [5.74, 6) is -1.08. The van der Waals surface area contributed by atoms with Crippen LogP contribution in [0.5, 0.6) is 0 Å². The molecule has 0 radical (unpaired) electrons. The minimum atomic E-state index is -1.45. The van der Waals surface area contributed by atoms with Crippen molar-refractivity contribution in [1.82, 2.24) is 0 Å². The van der Waals surface area contributed by atoms with E-state index in [2.05, 4.69) is 10.6 Å². The Morgan fingerprint density at radius 2 is 1.84 bits per heavy atom. The number of hydrogen-bond acceptors (Lipinski definition) is 6. The van der Waals surface area contributed by atoms with Crippen LogP contribution in [0.4, 0.5) is 21.9 Å². The summed E-state index contributed by atoms with van der Waals surface area (Å²) in [5.41, 5.74) is 2.63. The lowest BCUT2D eigenvalue weighted by atomic mass is 9.85. The maximum Gasteiger partial charge on any atom is 0.412 e. The molecule has 4 atom stereocenters. The van der Waals surface area contributed by atoms with Gasteiger partial charge < -0.3 is 25.6 Å². The molecule has 10 heteroatoms. The van der Waals surface area contributed by atoms with E-state index in [1.54, 1.807) is 36.4 Å². The highest BCUT2D eigenvalue weighted by Crippen LogP contribution is 2.41. The van der Waals surface area contributed by atoms with E-state index in [4.69, 9.17) is 16.3 Å². The van der Waals surface area contributed by atoms with E-state index in [0.717, 1.165) is 19.3 Å². The molecule has 2 aromatic carbocycles. The third kappa shape index (κ3) is 5.83. The van der Waals surface area contributed by atoms with E-state index in [1.807, 2.05) is 6.92 Å². The van der Waals surface area contributed by atoms with Gasteiger partial charge in [0, 0.05) is 22.7 Å². The summed E-state index contributed by atoms with van der Waals surface area (Å²) in [5, 5.41) is 27.4. The molecule has 0 aromatic heterocycles. The highest BCUT2D eigenvalue weighted by Gasteiger charge is 2.33. The number of nitrogens with one attached hydrogen (secondary N) is 2. The second-order valence-corrected chi connectivity index (χ2v) is 10.1. The second kappa shape index (κ2) is 11.4. The molecule has 4 N–H and O–H groups in total. The number of anilines is 3. The number of ether oxygens (including phenoxy) is 1. The second-order valence-electron chi connectivity index (χ2n) is 9.70. The van der Waals surface area contributed by atoms with Gasteiger partial charge in [-0.05, 0) is 68.9 Å². The van der Waals surface area contributed by atoms with E-state index in [-0.39, 0.29) is 24.0 Å². The molecule has 2 aromatic rings. The molecule has 0 saturated heterocycles. The number of benzene rings is 2. The van der Waals surface area contributed by atoms with Crippen LogP contribution in [0.15, 0.2) is 36.4 Å². The number of esters is 1.